The summed E-state index contributed by atoms with van der Waals surface area (Å²) in [6, 6.07) is -1.98. The van der Waals surface area contributed by atoms with E-state index >= 15 is 0 Å². The lowest BCUT2D eigenvalue weighted by Crippen LogP contribution is -2.60. The lowest BCUT2D eigenvalue weighted by atomic mass is 9.77. The Balaban J connectivity index is 2.24. The molecule has 16 nitrogen and oxygen atoms in total. The second-order valence-electron chi connectivity index (χ2n) is 16.6. The molecule has 0 aliphatic carbocycles. The van der Waals surface area contributed by atoms with Crippen molar-refractivity contribution in [3.05, 3.63) is 4.91 Å². The number of hydrogen-bond acceptors (Lipinski definition) is 15. The van der Waals surface area contributed by atoms with Crippen molar-refractivity contribution in [1.82, 2.24) is 9.91 Å². The summed E-state index contributed by atoms with van der Waals surface area (Å²) >= 11 is 0. The fourth-order valence-corrected chi connectivity index (χ4v) is 8.43. The van der Waals surface area contributed by atoms with Gasteiger partial charge in [0, 0.05) is 43.2 Å². The summed E-state index contributed by atoms with van der Waals surface area (Å²) in [5.74, 6) is -3.56. The monoisotopic (exact) mass is 767 g/mol. The fraction of sp³-hybridized carbons (Fsp3) is 0.973. The maximum Gasteiger partial charge on any atom is 0.311 e. The van der Waals surface area contributed by atoms with E-state index in [2.05, 4.69) is 5.29 Å². The molecule has 3 fully saturated rings. The molecule has 0 aromatic heterocycles. The molecule has 0 aromatic rings. The highest BCUT2D eigenvalue weighted by atomic mass is 16.7. The number of carbonyl (C=O) groups excluding carboxylic acids is 1. The van der Waals surface area contributed by atoms with Gasteiger partial charge in [-0.2, -0.15) is 0 Å². The summed E-state index contributed by atoms with van der Waals surface area (Å²) in [7, 11) is 2.87. The van der Waals surface area contributed by atoms with E-state index < -0.39 is 121 Å². The number of rotatable bonds is 8. The number of nitroso groups, excluding NO2 is 1. The van der Waals surface area contributed by atoms with E-state index in [1.54, 1.807) is 41.5 Å². The summed E-state index contributed by atoms with van der Waals surface area (Å²) in [5.41, 5.74) is -5.07. The molecule has 0 spiro atoms. The Morgan fingerprint density at radius 3 is 2.23 bits per heavy atom. The van der Waals surface area contributed by atoms with Gasteiger partial charge >= 0.3 is 5.97 Å². The van der Waals surface area contributed by atoms with Gasteiger partial charge in [0.25, 0.3) is 0 Å². The molecular weight excluding hydrogens is 694 g/mol. The minimum atomic E-state index is -2.75. The van der Waals surface area contributed by atoms with Crippen LogP contribution in [0.3, 0.4) is 0 Å². The molecule has 3 aliphatic rings. The Bertz CT molecular complexity index is 1300. The highest BCUT2D eigenvalue weighted by Gasteiger charge is 2.52. The highest BCUT2D eigenvalue weighted by molar-refractivity contribution is 5.73. The van der Waals surface area contributed by atoms with Gasteiger partial charge in [-0.25, -0.2) is 0 Å². The van der Waals surface area contributed by atoms with Gasteiger partial charge < -0.3 is 58.9 Å². The number of nitrogens with zero attached hydrogens (tertiary/aromatic N) is 3. The first-order valence-electron chi connectivity index (χ1n) is 20.4. The topological polar surface area (TPSA) is 210 Å². The standard InChI is InChI=1S/C37H69N3O13/c1-14-26-37(10,46)30(42)23(6)39(11)18-19(2)16-35(8,45)32(53-34-28(41)25(40(12)38-47)15-20(3)49-34)21(4)29(22(5)33(44)51-26)52-27-17-36(9,48-13)31(43)24(7)50-27/h19-32,34,41-43,45-46H,14-18H2,1-13H3/t19-,20-,21+,22-,23-,24+,25+,26-,27+,28-,29+,30-,31+,32-,34+,35-,36-,37-/m1/s1/i11D3. The van der Waals surface area contributed by atoms with Crippen molar-refractivity contribution in [2.45, 2.75) is 185 Å². The van der Waals surface area contributed by atoms with Gasteiger partial charge in [-0.1, -0.05) is 20.8 Å². The summed E-state index contributed by atoms with van der Waals surface area (Å²) in [6.07, 6.45) is -11.4. The Labute approximate surface area is 319 Å². The maximum absolute atomic E-state index is 14.3. The van der Waals surface area contributed by atoms with Crippen LogP contribution in [0.4, 0.5) is 0 Å². The van der Waals surface area contributed by atoms with Crippen molar-refractivity contribution in [2.24, 2.45) is 23.0 Å². The molecule has 3 rings (SSSR count). The van der Waals surface area contributed by atoms with Gasteiger partial charge in [-0.15, -0.1) is 4.91 Å². The molecule has 0 aromatic carbocycles. The number of cyclic esters (lactones) is 1. The summed E-state index contributed by atoms with van der Waals surface area (Å²) in [4.78, 5) is 26.9. The fourth-order valence-electron chi connectivity index (χ4n) is 8.43. The van der Waals surface area contributed by atoms with Gasteiger partial charge in [-0.3, -0.25) is 9.80 Å². The second-order valence-corrected chi connectivity index (χ2v) is 16.6. The quantitative estimate of drug-likeness (QED) is 0.136. The minimum Gasteiger partial charge on any atom is -0.459 e. The molecule has 53 heavy (non-hydrogen) atoms. The van der Waals surface area contributed by atoms with Gasteiger partial charge in [-0.05, 0) is 80.6 Å². The molecule has 3 heterocycles. The van der Waals surface area contributed by atoms with Crippen molar-refractivity contribution < 1.29 is 62.9 Å². The van der Waals surface area contributed by atoms with Crippen LogP contribution in [0.2, 0.25) is 0 Å². The first kappa shape index (κ1) is 41.1. The number of carbonyl (C=O) groups is 1. The van der Waals surface area contributed by atoms with E-state index in [9.17, 15) is 35.2 Å². The van der Waals surface area contributed by atoms with E-state index in [1.165, 1.54) is 41.9 Å². The maximum atomic E-state index is 14.3. The number of likely N-dealkylation sites (N-methyl/N-ethyl adjacent to an activating group) is 2. The Morgan fingerprint density at radius 2 is 1.66 bits per heavy atom. The zero-order chi connectivity index (χ0) is 42.9. The average molecular weight is 767 g/mol. The molecule has 3 aliphatic heterocycles. The summed E-state index contributed by atoms with van der Waals surface area (Å²) < 4.78 is 62.1. The van der Waals surface area contributed by atoms with Gasteiger partial charge in [0.1, 0.15) is 30.0 Å². The normalized spacial score (nSPS) is 49.7. The van der Waals surface area contributed by atoms with Gasteiger partial charge in [0.15, 0.2) is 12.6 Å². The summed E-state index contributed by atoms with van der Waals surface area (Å²) in [6.45, 7) is 13.0. The SMILES string of the molecule is [2H]C([2H])([2H])N1C[C@H](C)C[C@@](C)(O)[C@H](O[C@@H]2O[C@H](C)C[C@H](N(C)N=O)[C@H]2O)[C@@H](C)[C@H](O[C@H]2C[C@@](C)(OC)[C@@H](O)[C@H](C)O2)[C@@H](C)C(=O)O[C@H](CC)[C@@](C)(O)[C@H](O)[C@H]1C. The zero-order valence-corrected chi connectivity index (χ0v) is 33.5. The van der Waals surface area contributed by atoms with Crippen molar-refractivity contribution in [3.63, 3.8) is 0 Å². The molecule has 0 bridgehead atoms. The molecular formula is C37H69N3O13. The lowest BCUT2D eigenvalue weighted by Gasteiger charge is -2.48. The highest BCUT2D eigenvalue weighted by Crippen LogP contribution is 2.40. The van der Waals surface area contributed by atoms with E-state index in [0.717, 1.165) is 9.91 Å². The minimum absolute atomic E-state index is 0.0367. The van der Waals surface area contributed by atoms with Crippen molar-refractivity contribution in [1.29, 1.82) is 0 Å². The number of hydrogen-bond donors (Lipinski definition) is 5. The van der Waals surface area contributed by atoms with Crippen molar-refractivity contribution in [3.8, 4) is 0 Å². The molecule has 16 heteroatoms. The first-order chi connectivity index (χ1) is 25.7. The van der Waals surface area contributed by atoms with E-state index in [1.807, 2.05) is 0 Å². The number of esters is 1. The predicted octanol–water partition coefficient (Wildman–Crippen LogP) is 1.95. The second kappa shape index (κ2) is 18.1. The number of aliphatic hydroxyl groups excluding tert-OH is 3. The third kappa shape index (κ3) is 10.2. The molecule has 18 atom stereocenters. The number of aliphatic hydroxyl groups is 5. The van der Waals surface area contributed by atoms with Crippen LogP contribution in [0.1, 0.15) is 99.0 Å². The third-order valence-electron chi connectivity index (χ3n) is 11.9. The average Bonchev–Trinajstić information content (AvgIpc) is 3.11. The Kier molecular flexibility index (Phi) is 14.1. The van der Waals surface area contributed by atoms with E-state index in [4.69, 9.17) is 32.5 Å². The van der Waals surface area contributed by atoms with Crippen LogP contribution in [0.25, 0.3) is 0 Å². The molecule has 0 saturated carbocycles. The molecule has 3 saturated heterocycles. The van der Waals surface area contributed by atoms with Crippen LogP contribution in [0, 0.1) is 22.7 Å². The third-order valence-corrected chi connectivity index (χ3v) is 11.9. The zero-order valence-electron chi connectivity index (χ0n) is 36.5. The Morgan fingerprint density at radius 1 is 1.02 bits per heavy atom. The first-order valence-corrected chi connectivity index (χ1v) is 18.9. The van der Waals surface area contributed by atoms with Crippen LogP contribution in [-0.4, -0.2) is 159 Å². The summed E-state index contributed by atoms with van der Waals surface area (Å²) in [5, 5.41) is 62.4. The van der Waals surface area contributed by atoms with Crippen LogP contribution in [0.5, 0.6) is 0 Å². The number of ether oxygens (including phenoxy) is 6. The molecule has 0 amide bonds. The molecule has 5 N–H and O–H groups in total. The van der Waals surface area contributed by atoms with Gasteiger partial charge in [0.05, 0.1) is 52.9 Å². The van der Waals surface area contributed by atoms with Crippen molar-refractivity contribution >= 4 is 5.97 Å². The molecule has 0 unspecified atom stereocenters. The number of methoxy groups -OCH3 is 1. The lowest BCUT2D eigenvalue weighted by molar-refractivity contribution is -0.318. The van der Waals surface area contributed by atoms with Crippen LogP contribution >= 0.6 is 0 Å². The largest absolute Gasteiger partial charge is 0.459 e. The van der Waals surface area contributed by atoms with E-state index in [-0.39, 0.29) is 32.2 Å². The van der Waals surface area contributed by atoms with Gasteiger partial charge in [0.2, 0.25) is 0 Å². The van der Waals surface area contributed by atoms with Crippen LogP contribution < -0.4 is 0 Å². The predicted molar refractivity (Wildman–Crippen MR) is 194 cm³/mol. The Hall–Kier alpha value is -1.57. The van der Waals surface area contributed by atoms with Crippen LogP contribution in [0.15, 0.2) is 5.29 Å². The smallest absolute Gasteiger partial charge is 0.311 e. The van der Waals surface area contributed by atoms with E-state index in [0.29, 0.717) is 0 Å². The van der Waals surface area contributed by atoms with Crippen molar-refractivity contribution in [2.75, 3.05) is 27.7 Å². The molecule has 310 valence electrons. The van der Waals surface area contributed by atoms with Crippen LogP contribution in [-0.2, 0) is 33.2 Å². The molecule has 0 radical (unpaired) electrons.